The largest absolute Gasteiger partial charge is 0.352 e. The van der Waals surface area contributed by atoms with Gasteiger partial charge >= 0.3 is 0 Å². The lowest BCUT2D eigenvalue weighted by molar-refractivity contribution is -0.123. The molecule has 0 fully saturated rings. The van der Waals surface area contributed by atoms with E-state index in [1.807, 2.05) is 13.8 Å². The average molecular weight is 265 g/mol. The van der Waals surface area contributed by atoms with Gasteiger partial charge < -0.3 is 16.1 Å². The molecule has 1 aromatic rings. The SMILES string of the molecule is CC(C)NC(=O)C(C)NC(=O)c1ccnc(NN)c1. The number of nitrogen functional groups attached to an aromatic ring is 1. The van der Waals surface area contributed by atoms with Crippen molar-refractivity contribution in [1.82, 2.24) is 15.6 Å². The summed E-state index contributed by atoms with van der Waals surface area (Å²) in [5.41, 5.74) is 2.74. The Morgan fingerprint density at radius 1 is 1.26 bits per heavy atom. The van der Waals surface area contributed by atoms with Gasteiger partial charge in [-0.1, -0.05) is 0 Å². The van der Waals surface area contributed by atoms with Crippen molar-refractivity contribution in [2.45, 2.75) is 32.9 Å². The minimum atomic E-state index is -0.614. The lowest BCUT2D eigenvalue weighted by Crippen LogP contribution is -2.46. The molecule has 1 aromatic heterocycles. The van der Waals surface area contributed by atoms with Crippen LogP contribution in [0.3, 0.4) is 0 Å². The molecule has 0 aliphatic carbocycles. The van der Waals surface area contributed by atoms with Gasteiger partial charge in [-0.2, -0.15) is 0 Å². The summed E-state index contributed by atoms with van der Waals surface area (Å²) in [5, 5.41) is 5.33. The lowest BCUT2D eigenvalue weighted by atomic mass is 10.2. The Hall–Kier alpha value is -2.15. The van der Waals surface area contributed by atoms with E-state index in [0.29, 0.717) is 11.4 Å². The highest BCUT2D eigenvalue weighted by Crippen LogP contribution is 2.05. The van der Waals surface area contributed by atoms with Crippen molar-refractivity contribution in [3.63, 3.8) is 0 Å². The summed E-state index contributed by atoms with van der Waals surface area (Å²) in [4.78, 5) is 27.5. The summed E-state index contributed by atoms with van der Waals surface area (Å²) in [6, 6.07) is 2.46. The molecule has 1 unspecified atom stereocenters. The lowest BCUT2D eigenvalue weighted by Gasteiger charge is -2.16. The third-order valence-electron chi connectivity index (χ3n) is 2.34. The number of hydrazine groups is 1. The van der Waals surface area contributed by atoms with Crippen LogP contribution in [-0.4, -0.2) is 28.9 Å². The van der Waals surface area contributed by atoms with E-state index in [1.165, 1.54) is 12.3 Å². The summed E-state index contributed by atoms with van der Waals surface area (Å²) in [6.07, 6.45) is 1.46. The summed E-state index contributed by atoms with van der Waals surface area (Å²) < 4.78 is 0. The zero-order valence-electron chi connectivity index (χ0n) is 11.2. The molecular weight excluding hydrogens is 246 g/mol. The quantitative estimate of drug-likeness (QED) is 0.443. The summed E-state index contributed by atoms with van der Waals surface area (Å²) >= 11 is 0. The van der Waals surface area contributed by atoms with E-state index < -0.39 is 6.04 Å². The minimum absolute atomic E-state index is 0.0285. The topological polar surface area (TPSA) is 109 Å². The summed E-state index contributed by atoms with van der Waals surface area (Å²) in [6.45, 7) is 5.34. The van der Waals surface area contributed by atoms with Crippen LogP contribution in [0.15, 0.2) is 18.3 Å². The van der Waals surface area contributed by atoms with Crippen molar-refractivity contribution >= 4 is 17.6 Å². The molecule has 7 nitrogen and oxygen atoms in total. The zero-order chi connectivity index (χ0) is 14.4. The van der Waals surface area contributed by atoms with Gasteiger partial charge in [-0.25, -0.2) is 10.8 Å². The van der Waals surface area contributed by atoms with Crippen molar-refractivity contribution < 1.29 is 9.59 Å². The maximum absolute atomic E-state index is 11.9. The Labute approximate surface area is 111 Å². The number of aromatic nitrogens is 1. The molecule has 0 spiro atoms. The van der Waals surface area contributed by atoms with Gasteiger partial charge in [0, 0.05) is 17.8 Å². The molecule has 0 radical (unpaired) electrons. The van der Waals surface area contributed by atoms with Gasteiger partial charge in [-0.05, 0) is 32.9 Å². The zero-order valence-corrected chi connectivity index (χ0v) is 11.2. The number of nitrogens with two attached hydrogens (primary N) is 1. The van der Waals surface area contributed by atoms with Gasteiger partial charge in [0.05, 0.1) is 0 Å². The molecule has 1 atom stereocenters. The summed E-state index contributed by atoms with van der Waals surface area (Å²) in [7, 11) is 0. The van der Waals surface area contributed by atoms with Crippen molar-refractivity contribution in [2.24, 2.45) is 5.84 Å². The van der Waals surface area contributed by atoms with E-state index in [1.54, 1.807) is 13.0 Å². The van der Waals surface area contributed by atoms with Crippen molar-refractivity contribution in [2.75, 3.05) is 5.43 Å². The molecule has 0 aromatic carbocycles. The molecule has 0 bridgehead atoms. The van der Waals surface area contributed by atoms with E-state index in [4.69, 9.17) is 5.84 Å². The monoisotopic (exact) mass is 265 g/mol. The minimum Gasteiger partial charge on any atom is -0.352 e. The van der Waals surface area contributed by atoms with Crippen LogP contribution in [0.25, 0.3) is 0 Å². The molecule has 19 heavy (non-hydrogen) atoms. The Balaban J connectivity index is 2.65. The normalized spacial score (nSPS) is 11.8. The van der Waals surface area contributed by atoms with Gasteiger partial charge in [0.15, 0.2) is 0 Å². The molecule has 7 heteroatoms. The number of carbonyl (C=O) groups is 2. The number of nitrogens with zero attached hydrogens (tertiary/aromatic N) is 1. The number of nitrogens with one attached hydrogen (secondary N) is 3. The Kier molecular flexibility index (Phi) is 5.25. The Morgan fingerprint density at radius 3 is 2.53 bits per heavy atom. The first-order chi connectivity index (χ1) is 8.93. The fourth-order valence-electron chi connectivity index (χ4n) is 1.41. The van der Waals surface area contributed by atoms with E-state index in [-0.39, 0.29) is 17.9 Å². The molecule has 104 valence electrons. The first-order valence-electron chi connectivity index (χ1n) is 5.98. The predicted octanol–water partition coefficient (Wildman–Crippen LogP) is 0.0101. The summed E-state index contributed by atoms with van der Waals surface area (Å²) in [5.74, 6) is 5.01. The van der Waals surface area contributed by atoms with Crippen LogP contribution in [0.5, 0.6) is 0 Å². The molecule has 0 aliphatic rings. The number of anilines is 1. The second-order valence-corrected chi connectivity index (χ2v) is 4.43. The fraction of sp³-hybridized carbons (Fsp3) is 0.417. The predicted molar refractivity (Wildman–Crippen MR) is 72.3 cm³/mol. The van der Waals surface area contributed by atoms with Crippen molar-refractivity contribution in [1.29, 1.82) is 0 Å². The number of hydrogen-bond acceptors (Lipinski definition) is 5. The number of pyridine rings is 1. The van der Waals surface area contributed by atoms with Crippen molar-refractivity contribution in [3.05, 3.63) is 23.9 Å². The molecular formula is C12H19N5O2. The van der Waals surface area contributed by atoms with Crippen LogP contribution in [0.1, 0.15) is 31.1 Å². The van der Waals surface area contributed by atoms with E-state index in [2.05, 4.69) is 21.0 Å². The molecule has 0 saturated carbocycles. The standard InChI is InChI=1S/C12H19N5O2/c1-7(2)15-11(18)8(3)16-12(19)9-4-5-14-10(6-9)17-13/h4-8H,13H2,1-3H3,(H,14,17)(H,15,18)(H,16,19). The van der Waals surface area contributed by atoms with Crippen LogP contribution in [-0.2, 0) is 4.79 Å². The van der Waals surface area contributed by atoms with Crippen LogP contribution in [0.2, 0.25) is 0 Å². The molecule has 5 N–H and O–H groups in total. The van der Waals surface area contributed by atoms with E-state index in [0.717, 1.165) is 0 Å². The number of amides is 2. The van der Waals surface area contributed by atoms with Gasteiger partial charge in [0.2, 0.25) is 5.91 Å². The molecule has 2 amide bonds. The van der Waals surface area contributed by atoms with Crippen molar-refractivity contribution in [3.8, 4) is 0 Å². The van der Waals surface area contributed by atoms with E-state index >= 15 is 0 Å². The van der Waals surface area contributed by atoms with Crippen LogP contribution < -0.4 is 21.9 Å². The first kappa shape index (κ1) is 14.9. The van der Waals surface area contributed by atoms with Gasteiger partial charge in [0.1, 0.15) is 11.9 Å². The average Bonchev–Trinajstić information content (AvgIpc) is 2.37. The molecule has 0 aliphatic heterocycles. The molecule has 1 heterocycles. The number of rotatable bonds is 5. The maximum atomic E-state index is 11.9. The van der Waals surface area contributed by atoms with E-state index in [9.17, 15) is 9.59 Å². The Bertz CT molecular complexity index is 461. The number of hydrogen-bond donors (Lipinski definition) is 4. The van der Waals surface area contributed by atoms with Crippen LogP contribution >= 0.6 is 0 Å². The highest BCUT2D eigenvalue weighted by Gasteiger charge is 2.17. The van der Waals surface area contributed by atoms with Gasteiger partial charge in [-0.15, -0.1) is 0 Å². The van der Waals surface area contributed by atoms with Crippen LogP contribution in [0.4, 0.5) is 5.82 Å². The first-order valence-corrected chi connectivity index (χ1v) is 5.98. The highest BCUT2D eigenvalue weighted by atomic mass is 16.2. The Morgan fingerprint density at radius 2 is 1.95 bits per heavy atom. The molecule has 0 saturated heterocycles. The van der Waals surface area contributed by atoms with Gasteiger partial charge in [-0.3, -0.25) is 9.59 Å². The van der Waals surface area contributed by atoms with Crippen LogP contribution in [0, 0.1) is 0 Å². The highest BCUT2D eigenvalue weighted by molar-refractivity contribution is 5.97. The maximum Gasteiger partial charge on any atom is 0.252 e. The third-order valence-corrected chi connectivity index (χ3v) is 2.34. The van der Waals surface area contributed by atoms with Gasteiger partial charge in [0.25, 0.3) is 5.91 Å². The third kappa shape index (κ3) is 4.55. The second-order valence-electron chi connectivity index (χ2n) is 4.43. The smallest absolute Gasteiger partial charge is 0.252 e. The second kappa shape index (κ2) is 6.69. The number of carbonyl (C=O) groups excluding carboxylic acids is 2. The fourth-order valence-corrected chi connectivity index (χ4v) is 1.41. The molecule has 1 rings (SSSR count).